The largest absolute Gasteiger partial charge is 0.481 e. The van der Waals surface area contributed by atoms with Crippen molar-refractivity contribution in [1.29, 1.82) is 0 Å². The molecule has 1 aromatic rings. The first-order valence-electron chi connectivity index (χ1n) is 7.25. The molecule has 0 spiro atoms. The Kier molecular flexibility index (Phi) is 7.81. The Hall–Kier alpha value is -2.15. The van der Waals surface area contributed by atoms with Gasteiger partial charge in [-0.05, 0) is 30.0 Å². The molecule has 2 N–H and O–H groups in total. The summed E-state index contributed by atoms with van der Waals surface area (Å²) in [4.78, 5) is 4.19. The van der Waals surface area contributed by atoms with Gasteiger partial charge < -0.3 is 15.4 Å². The van der Waals surface area contributed by atoms with Gasteiger partial charge in [0.15, 0.2) is 5.96 Å². The summed E-state index contributed by atoms with van der Waals surface area (Å²) in [6, 6.07) is 7.99. The van der Waals surface area contributed by atoms with Crippen LogP contribution in [0.1, 0.15) is 19.4 Å². The van der Waals surface area contributed by atoms with Crippen molar-refractivity contribution in [3.05, 3.63) is 29.8 Å². The van der Waals surface area contributed by atoms with Crippen LogP contribution in [-0.2, 0) is 6.42 Å². The van der Waals surface area contributed by atoms with Crippen LogP contribution in [0.2, 0.25) is 0 Å². The van der Waals surface area contributed by atoms with Crippen molar-refractivity contribution in [2.75, 3.05) is 26.7 Å². The van der Waals surface area contributed by atoms with E-state index < -0.39 is 0 Å². The van der Waals surface area contributed by atoms with E-state index in [0.717, 1.165) is 31.2 Å². The average molecular weight is 287 g/mol. The lowest BCUT2D eigenvalue weighted by atomic mass is 10.1. The van der Waals surface area contributed by atoms with E-state index in [4.69, 9.17) is 11.2 Å². The van der Waals surface area contributed by atoms with E-state index in [2.05, 4.69) is 47.5 Å². The summed E-state index contributed by atoms with van der Waals surface area (Å²) in [7, 11) is 1.78. The maximum Gasteiger partial charge on any atom is 0.190 e. The molecular weight excluding hydrogens is 262 g/mol. The highest BCUT2D eigenvalue weighted by Crippen LogP contribution is 2.12. The Morgan fingerprint density at radius 2 is 2.00 bits per heavy atom. The number of guanidine groups is 1. The second-order valence-corrected chi connectivity index (χ2v) is 5.16. The number of nitrogens with one attached hydrogen (secondary N) is 2. The Morgan fingerprint density at radius 3 is 2.57 bits per heavy atom. The molecule has 0 aliphatic carbocycles. The average Bonchev–Trinajstić information content (AvgIpc) is 2.49. The SMILES string of the molecule is C#CCOc1ccc(CCNC(=NC)NCC(C)C)cc1. The predicted molar refractivity (Wildman–Crippen MR) is 88.7 cm³/mol. The molecule has 1 rings (SSSR count). The number of hydrogen-bond donors (Lipinski definition) is 2. The third kappa shape index (κ3) is 7.26. The van der Waals surface area contributed by atoms with E-state index in [9.17, 15) is 0 Å². The zero-order valence-corrected chi connectivity index (χ0v) is 13.1. The molecule has 0 bridgehead atoms. The number of rotatable bonds is 7. The van der Waals surface area contributed by atoms with E-state index in [0.29, 0.717) is 12.5 Å². The first kappa shape index (κ1) is 16.9. The molecule has 114 valence electrons. The molecule has 21 heavy (non-hydrogen) atoms. The standard InChI is InChI=1S/C17H25N3O/c1-5-12-21-16-8-6-15(7-9-16)10-11-19-17(18-4)20-13-14(2)3/h1,6-9,14H,10-13H2,2-4H3,(H2,18,19,20). The maximum atomic E-state index is 5.34. The van der Waals surface area contributed by atoms with Crippen LogP contribution in [0.5, 0.6) is 5.75 Å². The monoisotopic (exact) mass is 287 g/mol. The second kappa shape index (κ2) is 9.71. The van der Waals surface area contributed by atoms with Crippen LogP contribution in [-0.4, -0.2) is 32.7 Å². The first-order valence-corrected chi connectivity index (χ1v) is 7.25. The fourth-order valence-electron chi connectivity index (χ4n) is 1.72. The molecule has 0 heterocycles. The van der Waals surface area contributed by atoms with Gasteiger partial charge in [0, 0.05) is 20.1 Å². The molecule has 0 atom stereocenters. The van der Waals surface area contributed by atoms with Gasteiger partial charge >= 0.3 is 0 Å². The summed E-state index contributed by atoms with van der Waals surface area (Å²) >= 11 is 0. The molecule has 0 aliphatic heterocycles. The lowest BCUT2D eigenvalue weighted by Gasteiger charge is -2.13. The van der Waals surface area contributed by atoms with Crippen molar-refractivity contribution in [2.24, 2.45) is 10.9 Å². The zero-order chi connectivity index (χ0) is 15.5. The van der Waals surface area contributed by atoms with Crippen LogP contribution in [0.25, 0.3) is 0 Å². The molecule has 1 aromatic carbocycles. The van der Waals surface area contributed by atoms with Crippen molar-refractivity contribution in [3.8, 4) is 18.1 Å². The minimum atomic E-state index is 0.304. The third-order valence-electron chi connectivity index (χ3n) is 2.85. The highest BCUT2D eigenvalue weighted by Gasteiger charge is 2.00. The van der Waals surface area contributed by atoms with Gasteiger partial charge in [-0.15, -0.1) is 6.42 Å². The van der Waals surface area contributed by atoms with Crippen LogP contribution < -0.4 is 15.4 Å². The molecule has 0 radical (unpaired) electrons. The lowest BCUT2D eigenvalue weighted by molar-refractivity contribution is 0.370. The number of benzene rings is 1. The molecule has 4 nitrogen and oxygen atoms in total. The van der Waals surface area contributed by atoms with Crippen LogP contribution in [0, 0.1) is 18.3 Å². The van der Waals surface area contributed by atoms with Gasteiger partial charge in [0.25, 0.3) is 0 Å². The fourth-order valence-corrected chi connectivity index (χ4v) is 1.72. The molecule has 0 saturated carbocycles. The van der Waals surface area contributed by atoms with Gasteiger partial charge in [0.2, 0.25) is 0 Å². The van der Waals surface area contributed by atoms with Gasteiger partial charge in [-0.3, -0.25) is 4.99 Å². The molecule has 0 amide bonds. The molecule has 0 unspecified atom stereocenters. The topological polar surface area (TPSA) is 45.6 Å². The summed E-state index contributed by atoms with van der Waals surface area (Å²) in [6.07, 6.45) is 6.08. The van der Waals surface area contributed by atoms with Gasteiger partial charge in [0.1, 0.15) is 12.4 Å². The summed E-state index contributed by atoms with van der Waals surface area (Å²) in [5.41, 5.74) is 1.25. The highest BCUT2D eigenvalue weighted by molar-refractivity contribution is 5.79. The van der Waals surface area contributed by atoms with Crippen molar-refractivity contribution in [3.63, 3.8) is 0 Å². The maximum absolute atomic E-state index is 5.34. The summed E-state index contributed by atoms with van der Waals surface area (Å²) in [5.74, 6) is 4.70. The second-order valence-electron chi connectivity index (χ2n) is 5.16. The summed E-state index contributed by atoms with van der Waals surface area (Å²) in [6.45, 7) is 6.40. The fraction of sp³-hybridized carbons (Fsp3) is 0.471. The number of hydrogen-bond acceptors (Lipinski definition) is 2. The van der Waals surface area contributed by atoms with Crippen LogP contribution in [0.15, 0.2) is 29.3 Å². The van der Waals surface area contributed by atoms with Crippen molar-refractivity contribution < 1.29 is 4.74 Å². The van der Waals surface area contributed by atoms with Crippen molar-refractivity contribution in [2.45, 2.75) is 20.3 Å². The molecule has 0 aromatic heterocycles. The van der Waals surface area contributed by atoms with Crippen LogP contribution in [0.4, 0.5) is 0 Å². The summed E-state index contributed by atoms with van der Waals surface area (Å²) in [5, 5.41) is 6.59. The molecular formula is C17H25N3O. The third-order valence-corrected chi connectivity index (χ3v) is 2.85. The predicted octanol–water partition coefficient (Wildman–Crippen LogP) is 2.06. The quantitative estimate of drug-likeness (QED) is 0.458. The van der Waals surface area contributed by atoms with Crippen molar-refractivity contribution in [1.82, 2.24) is 10.6 Å². The van der Waals surface area contributed by atoms with Gasteiger partial charge in [-0.1, -0.05) is 31.9 Å². The normalized spacial score (nSPS) is 11.1. The minimum absolute atomic E-state index is 0.304. The van der Waals surface area contributed by atoms with E-state index in [1.807, 2.05) is 12.1 Å². The van der Waals surface area contributed by atoms with Crippen LogP contribution >= 0.6 is 0 Å². The van der Waals surface area contributed by atoms with E-state index in [1.165, 1.54) is 5.56 Å². The Labute approximate surface area is 128 Å². The van der Waals surface area contributed by atoms with E-state index >= 15 is 0 Å². The van der Waals surface area contributed by atoms with Gasteiger partial charge in [-0.2, -0.15) is 0 Å². The summed E-state index contributed by atoms with van der Waals surface area (Å²) < 4.78 is 5.34. The zero-order valence-electron chi connectivity index (χ0n) is 13.1. The number of ether oxygens (including phenoxy) is 1. The lowest BCUT2D eigenvalue weighted by Crippen LogP contribution is -2.39. The van der Waals surface area contributed by atoms with Crippen molar-refractivity contribution >= 4 is 5.96 Å². The first-order chi connectivity index (χ1) is 10.2. The minimum Gasteiger partial charge on any atom is -0.481 e. The number of terminal acetylenes is 1. The molecule has 0 fully saturated rings. The highest BCUT2D eigenvalue weighted by atomic mass is 16.5. The van der Waals surface area contributed by atoms with E-state index in [-0.39, 0.29) is 0 Å². The molecule has 4 heteroatoms. The van der Waals surface area contributed by atoms with Crippen LogP contribution in [0.3, 0.4) is 0 Å². The Morgan fingerprint density at radius 1 is 1.29 bits per heavy atom. The molecule has 0 aliphatic rings. The Balaban J connectivity index is 2.33. The number of aliphatic imine (C=N–C) groups is 1. The number of nitrogens with zero attached hydrogens (tertiary/aromatic N) is 1. The van der Waals surface area contributed by atoms with E-state index in [1.54, 1.807) is 7.05 Å². The van der Waals surface area contributed by atoms with Gasteiger partial charge in [-0.25, -0.2) is 0 Å². The van der Waals surface area contributed by atoms with Gasteiger partial charge in [0.05, 0.1) is 0 Å². The Bertz CT molecular complexity index is 472. The molecule has 0 saturated heterocycles. The smallest absolute Gasteiger partial charge is 0.190 e.